The van der Waals surface area contributed by atoms with Crippen LogP contribution in [-0.2, 0) is 0 Å². The fourth-order valence-corrected chi connectivity index (χ4v) is 1.77. The summed E-state index contributed by atoms with van der Waals surface area (Å²) in [5.41, 5.74) is 1.11. The smallest absolute Gasteiger partial charge is 0.275 e. The quantitative estimate of drug-likeness (QED) is 0.681. The number of carbonyl (C=O) groups excluding carboxylic acids is 1. The minimum Gasteiger partial charge on any atom is -0.334 e. The van der Waals surface area contributed by atoms with Crippen LogP contribution in [0.1, 0.15) is 17.4 Å². The number of nitrogens with one attached hydrogen (secondary N) is 3. The highest BCUT2D eigenvalue weighted by atomic mass is 35.5. The molecule has 3 N–H and O–H groups in total. The van der Waals surface area contributed by atoms with E-state index in [4.69, 9.17) is 11.6 Å². The largest absolute Gasteiger partial charge is 0.334 e. The maximum atomic E-state index is 12.2. The third kappa shape index (κ3) is 6.19. The van der Waals surface area contributed by atoms with Gasteiger partial charge in [0.1, 0.15) is 5.69 Å². The molecular formula is C16H18ClFN6O. The van der Waals surface area contributed by atoms with E-state index in [2.05, 4.69) is 37.4 Å². The fraction of sp³-hybridized carbons (Fsp3) is 0.125. The van der Waals surface area contributed by atoms with Crippen LogP contribution >= 0.6 is 11.6 Å². The summed E-state index contributed by atoms with van der Waals surface area (Å²) in [7, 11) is 0.500. The van der Waals surface area contributed by atoms with Gasteiger partial charge in [-0.2, -0.15) is 5.10 Å². The molecule has 0 fully saturated rings. The van der Waals surface area contributed by atoms with Crippen molar-refractivity contribution < 1.29 is 9.18 Å². The molecule has 2 aromatic rings. The molecule has 0 unspecified atom stereocenters. The maximum Gasteiger partial charge on any atom is 0.275 e. The lowest BCUT2D eigenvalue weighted by atomic mass is 10.3. The van der Waals surface area contributed by atoms with E-state index in [-0.39, 0.29) is 16.8 Å². The zero-order valence-corrected chi connectivity index (χ0v) is 14.5. The van der Waals surface area contributed by atoms with Gasteiger partial charge in [-0.1, -0.05) is 36.4 Å². The number of hydrogen-bond acceptors (Lipinski definition) is 5. The average molecular weight is 365 g/mol. The molecule has 0 aliphatic rings. The number of H-pyrrole nitrogens is 1. The standard InChI is InChI=1S/C15H15ClN6O.CH3F/c1-3-4-5-6-10(2)20-15(23)12-11(9-19-22-12)21-14-13(16)17-7-8-18-14;1-2/h3-9H,2H2,1H3,(H,18,21)(H,19,22)(H,20,23);1H3/b4-3-,6-5-;. The summed E-state index contributed by atoms with van der Waals surface area (Å²) in [5, 5.41) is 12.2. The number of aromatic nitrogens is 4. The Hall–Kier alpha value is -3.00. The van der Waals surface area contributed by atoms with Crippen molar-refractivity contribution in [3.63, 3.8) is 0 Å². The van der Waals surface area contributed by atoms with Crippen molar-refractivity contribution in [1.82, 2.24) is 25.5 Å². The Bertz CT molecular complexity index is 771. The Morgan fingerprint density at radius 1 is 1.32 bits per heavy atom. The number of carbonyl (C=O) groups is 1. The molecule has 9 heteroatoms. The first kappa shape index (κ1) is 20.0. The van der Waals surface area contributed by atoms with Crippen LogP contribution in [-0.4, -0.2) is 33.3 Å². The van der Waals surface area contributed by atoms with E-state index in [1.807, 2.05) is 19.1 Å². The number of rotatable bonds is 6. The van der Waals surface area contributed by atoms with Gasteiger partial charge in [0.2, 0.25) is 0 Å². The van der Waals surface area contributed by atoms with Crippen molar-refractivity contribution in [2.75, 3.05) is 12.5 Å². The summed E-state index contributed by atoms with van der Waals surface area (Å²) >= 11 is 5.93. The van der Waals surface area contributed by atoms with E-state index < -0.39 is 0 Å². The van der Waals surface area contributed by atoms with Gasteiger partial charge in [-0.25, -0.2) is 9.97 Å². The molecule has 7 nitrogen and oxygen atoms in total. The first-order valence-electron chi connectivity index (χ1n) is 7.06. The van der Waals surface area contributed by atoms with Gasteiger partial charge in [0.15, 0.2) is 11.0 Å². The van der Waals surface area contributed by atoms with Gasteiger partial charge >= 0.3 is 0 Å². The molecule has 0 saturated heterocycles. The van der Waals surface area contributed by atoms with Gasteiger partial charge in [0, 0.05) is 18.1 Å². The minimum atomic E-state index is -0.389. The molecule has 132 valence electrons. The Labute approximate surface area is 149 Å². The van der Waals surface area contributed by atoms with Crippen LogP contribution in [0.3, 0.4) is 0 Å². The zero-order valence-electron chi connectivity index (χ0n) is 13.8. The first-order valence-corrected chi connectivity index (χ1v) is 7.44. The molecular weight excluding hydrogens is 347 g/mol. The number of alkyl halides is 1. The Kier molecular flexibility index (Phi) is 8.59. The van der Waals surface area contributed by atoms with Gasteiger partial charge in [-0.05, 0) is 13.0 Å². The highest BCUT2D eigenvalue weighted by Crippen LogP contribution is 2.22. The van der Waals surface area contributed by atoms with E-state index >= 15 is 0 Å². The summed E-state index contributed by atoms with van der Waals surface area (Å²) in [6, 6.07) is 0. The lowest BCUT2D eigenvalue weighted by molar-refractivity contribution is 0.0963. The van der Waals surface area contributed by atoms with Crippen LogP contribution in [0.15, 0.2) is 55.2 Å². The number of amides is 1. The summed E-state index contributed by atoms with van der Waals surface area (Å²) in [5.74, 6) is -0.0587. The number of hydrogen-bond donors (Lipinski definition) is 3. The summed E-state index contributed by atoms with van der Waals surface area (Å²) in [6.45, 7) is 5.65. The van der Waals surface area contributed by atoms with Crippen LogP contribution in [0.5, 0.6) is 0 Å². The molecule has 25 heavy (non-hydrogen) atoms. The highest BCUT2D eigenvalue weighted by molar-refractivity contribution is 6.31. The van der Waals surface area contributed by atoms with Gasteiger partial charge in [0.25, 0.3) is 5.91 Å². The summed E-state index contributed by atoms with van der Waals surface area (Å²) in [6.07, 6.45) is 11.6. The number of nitrogens with zero attached hydrogens (tertiary/aromatic N) is 3. The lowest BCUT2D eigenvalue weighted by Crippen LogP contribution is -2.22. The van der Waals surface area contributed by atoms with Crippen molar-refractivity contribution in [3.05, 3.63) is 66.0 Å². The van der Waals surface area contributed by atoms with Crippen molar-refractivity contribution in [2.45, 2.75) is 6.92 Å². The molecule has 0 saturated carbocycles. The van der Waals surface area contributed by atoms with Gasteiger partial charge in [-0.3, -0.25) is 14.3 Å². The number of halogens is 2. The molecule has 0 bridgehead atoms. The normalized spacial score (nSPS) is 10.4. The molecule has 2 rings (SSSR count). The van der Waals surface area contributed by atoms with Crippen molar-refractivity contribution in [1.29, 1.82) is 0 Å². The van der Waals surface area contributed by atoms with Crippen LogP contribution in [0.4, 0.5) is 15.9 Å². The Balaban J connectivity index is 0.00000151. The number of anilines is 2. The molecule has 1 amide bonds. The predicted molar refractivity (Wildman–Crippen MR) is 96.5 cm³/mol. The van der Waals surface area contributed by atoms with Gasteiger partial charge in [0.05, 0.1) is 19.1 Å². The van der Waals surface area contributed by atoms with Gasteiger partial charge < -0.3 is 10.6 Å². The third-order valence-corrected chi connectivity index (χ3v) is 2.92. The van der Waals surface area contributed by atoms with Crippen molar-refractivity contribution in [3.8, 4) is 0 Å². The fourth-order valence-electron chi connectivity index (χ4n) is 1.62. The second-order valence-corrected chi connectivity index (χ2v) is 4.70. The lowest BCUT2D eigenvalue weighted by Gasteiger charge is -2.07. The SMILES string of the molecule is C=C(/C=C\C=C/C)NC(=O)c1[nH]ncc1Nc1nccnc1Cl.CF. The van der Waals surface area contributed by atoms with Crippen LogP contribution < -0.4 is 10.6 Å². The molecule has 0 aromatic carbocycles. The maximum absolute atomic E-state index is 12.2. The van der Waals surface area contributed by atoms with E-state index in [9.17, 15) is 9.18 Å². The molecule has 2 heterocycles. The Morgan fingerprint density at radius 2 is 2.04 bits per heavy atom. The Morgan fingerprint density at radius 3 is 2.72 bits per heavy atom. The van der Waals surface area contributed by atoms with Crippen LogP contribution in [0, 0.1) is 0 Å². The van der Waals surface area contributed by atoms with Crippen LogP contribution in [0.2, 0.25) is 5.15 Å². The summed E-state index contributed by atoms with van der Waals surface area (Å²) < 4.78 is 9.50. The summed E-state index contributed by atoms with van der Waals surface area (Å²) in [4.78, 5) is 20.2. The second-order valence-electron chi connectivity index (χ2n) is 4.34. The topological polar surface area (TPSA) is 95.6 Å². The minimum absolute atomic E-state index is 0.193. The molecule has 0 atom stereocenters. The number of aromatic amines is 1. The molecule has 0 spiro atoms. The van der Waals surface area contributed by atoms with Gasteiger partial charge in [-0.15, -0.1) is 0 Å². The highest BCUT2D eigenvalue weighted by Gasteiger charge is 2.15. The average Bonchev–Trinajstić information content (AvgIpc) is 3.07. The second kappa shape index (κ2) is 10.7. The molecule has 0 aliphatic carbocycles. The van der Waals surface area contributed by atoms with Crippen molar-refractivity contribution >= 4 is 29.0 Å². The van der Waals surface area contributed by atoms with E-state index in [1.54, 1.807) is 12.2 Å². The van der Waals surface area contributed by atoms with E-state index in [0.717, 1.165) is 0 Å². The van der Waals surface area contributed by atoms with E-state index in [1.165, 1.54) is 18.6 Å². The molecule has 0 aliphatic heterocycles. The van der Waals surface area contributed by atoms with Crippen LogP contribution in [0.25, 0.3) is 0 Å². The molecule has 2 aromatic heterocycles. The first-order chi connectivity index (χ1) is 12.1. The zero-order chi connectivity index (χ0) is 18.7. The number of allylic oxidation sites excluding steroid dienone is 4. The van der Waals surface area contributed by atoms with Crippen molar-refractivity contribution in [2.24, 2.45) is 0 Å². The predicted octanol–water partition coefficient (Wildman–Crippen LogP) is 3.56. The molecule has 0 radical (unpaired) electrons. The van der Waals surface area contributed by atoms with E-state index in [0.29, 0.717) is 24.4 Å². The monoisotopic (exact) mass is 364 g/mol. The third-order valence-electron chi connectivity index (χ3n) is 2.65.